The second kappa shape index (κ2) is 10.00. The number of amides is 1. The van der Waals surface area contributed by atoms with Crippen LogP contribution in [-0.2, 0) is 11.3 Å². The first-order valence-electron chi connectivity index (χ1n) is 11.8. The molecule has 1 atom stereocenters. The molecule has 0 unspecified atom stereocenters. The number of benzene rings is 2. The molecule has 2 aromatic heterocycles. The van der Waals surface area contributed by atoms with Gasteiger partial charge in [0.05, 0.1) is 18.1 Å². The Labute approximate surface area is 207 Å². The largest absolute Gasteiger partial charge is 0.349 e. The zero-order valence-electron chi connectivity index (χ0n) is 19.5. The smallest absolute Gasteiger partial charge is 0.273 e. The van der Waals surface area contributed by atoms with Gasteiger partial charge in [0.15, 0.2) is 0 Å². The predicted octanol–water partition coefficient (Wildman–Crippen LogP) is 4.74. The summed E-state index contributed by atoms with van der Waals surface area (Å²) in [6.45, 7) is 3.63. The molecule has 0 bridgehead atoms. The number of piperidine rings is 1. The third-order valence-corrected chi connectivity index (χ3v) is 7.50. The third-order valence-electron chi connectivity index (χ3n) is 6.61. The quantitative estimate of drug-likeness (QED) is 0.424. The van der Waals surface area contributed by atoms with Gasteiger partial charge in [0, 0.05) is 19.0 Å². The van der Waals surface area contributed by atoms with Crippen LogP contribution in [0.15, 0.2) is 70.8 Å². The summed E-state index contributed by atoms with van der Waals surface area (Å²) in [5.41, 5.74) is 2.59. The van der Waals surface area contributed by atoms with Crippen LogP contribution in [0.2, 0.25) is 0 Å². The number of hydrogen-bond acceptors (Lipinski definition) is 5. The molecular formula is C27H27FN4O2S. The van der Waals surface area contributed by atoms with Gasteiger partial charge in [-0.05, 0) is 54.5 Å². The van der Waals surface area contributed by atoms with Crippen molar-refractivity contribution < 1.29 is 9.18 Å². The van der Waals surface area contributed by atoms with Gasteiger partial charge in [0.1, 0.15) is 10.5 Å². The molecule has 1 amide bonds. The van der Waals surface area contributed by atoms with E-state index in [-0.39, 0.29) is 29.2 Å². The molecule has 5 rings (SSSR count). The fourth-order valence-corrected chi connectivity index (χ4v) is 5.37. The van der Waals surface area contributed by atoms with Gasteiger partial charge in [0.25, 0.3) is 5.56 Å². The Bertz CT molecular complexity index is 1380. The fourth-order valence-electron chi connectivity index (χ4n) is 4.59. The van der Waals surface area contributed by atoms with E-state index in [2.05, 4.69) is 10.2 Å². The Balaban J connectivity index is 1.31. The van der Waals surface area contributed by atoms with Crippen molar-refractivity contribution in [2.75, 3.05) is 18.0 Å². The highest BCUT2D eigenvalue weighted by molar-refractivity contribution is 7.17. The topological polar surface area (TPSA) is 67.2 Å². The Kier molecular flexibility index (Phi) is 6.63. The number of halogens is 1. The summed E-state index contributed by atoms with van der Waals surface area (Å²) in [6, 6.07) is 17.8. The van der Waals surface area contributed by atoms with Gasteiger partial charge < -0.3 is 10.2 Å². The SMILES string of the molecule is C[C@@H](NC(=O)C1CCN(c2nc3ccsc3c(=O)n2Cc2ccccc2)CC1)c1ccc(F)cc1. The van der Waals surface area contributed by atoms with Crippen LogP contribution in [0.1, 0.15) is 36.9 Å². The molecule has 1 aliphatic rings. The van der Waals surface area contributed by atoms with Gasteiger partial charge in [-0.2, -0.15) is 0 Å². The third kappa shape index (κ3) is 4.98. The average Bonchev–Trinajstić information content (AvgIpc) is 3.36. The minimum Gasteiger partial charge on any atom is -0.349 e. The van der Waals surface area contributed by atoms with E-state index < -0.39 is 0 Å². The highest BCUT2D eigenvalue weighted by Gasteiger charge is 2.28. The normalized spacial score (nSPS) is 15.3. The molecule has 35 heavy (non-hydrogen) atoms. The number of nitrogens with zero attached hydrogens (tertiary/aromatic N) is 3. The van der Waals surface area contributed by atoms with E-state index >= 15 is 0 Å². The van der Waals surface area contributed by atoms with Gasteiger partial charge in [-0.15, -0.1) is 11.3 Å². The lowest BCUT2D eigenvalue weighted by Crippen LogP contribution is -2.43. The molecular weight excluding hydrogens is 463 g/mol. The van der Waals surface area contributed by atoms with Crippen molar-refractivity contribution >= 4 is 33.4 Å². The number of rotatable bonds is 6. The number of anilines is 1. The van der Waals surface area contributed by atoms with Crippen molar-refractivity contribution in [3.05, 3.63) is 93.3 Å². The van der Waals surface area contributed by atoms with Crippen molar-refractivity contribution in [1.29, 1.82) is 0 Å². The number of carbonyl (C=O) groups is 1. The Morgan fingerprint density at radius 2 is 1.83 bits per heavy atom. The Morgan fingerprint density at radius 3 is 2.54 bits per heavy atom. The highest BCUT2D eigenvalue weighted by Crippen LogP contribution is 2.26. The minimum atomic E-state index is -0.292. The molecule has 0 aliphatic carbocycles. The maximum atomic E-state index is 13.3. The Morgan fingerprint density at radius 1 is 1.11 bits per heavy atom. The minimum absolute atomic E-state index is 0.00407. The fraction of sp³-hybridized carbons (Fsp3) is 0.296. The molecule has 0 radical (unpaired) electrons. The first kappa shape index (κ1) is 23.2. The zero-order chi connectivity index (χ0) is 24.4. The van der Waals surface area contributed by atoms with Crippen molar-refractivity contribution in [3.8, 4) is 0 Å². The lowest BCUT2D eigenvalue weighted by molar-refractivity contribution is -0.126. The van der Waals surface area contributed by atoms with E-state index in [0.29, 0.717) is 48.6 Å². The molecule has 1 N–H and O–H groups in total. The molecule has 3 heterocycles. The van der Waals surface area contributed by atoms with Crippen molar-refractivity contribution in [2.24, 2.45) is 5.92 Å². The second-order valence-electron chi connectivity index (χ2n) is 8.97. The van der Waals surface area contributed by atoms with E-state index in [4.69, 9.17) is 4.98 Å². The van der Waals surface area contributed by atoms with Crippen molar-refractivity contribution in [2.45, 2.75) is 32.4 Å². The van der Waals surface area contributed by atoms with Crippen molar-refractivity contribution in [3.63, 3.8) is 0 Å². The molecule has 180 valence electrons. The molecule has 0 spiro atoms. The van der Waals surface area contributed by atoms with Crippen LogP contribution in [0, 0.1) is 11.7 Å². The number of fused-ring (bicyclic) bond motifs is 1. The lowest BCUT2D eigenvalue weighted by Gasteiger charge is -2.33. The average molecular weight is 491 g/mol. The zero-order valence-corrected chi connectivity index (χ0v) is 20.3. The van der Waals surface area contributed by atoms with Crippen LogP contribution in [0.5, 0.6) is 0 Å². The molecule has 4 aromatic rings. The van der Waals surface area contributed by atoms with Crippen LogP contribution in [0.25, 0.3) is 10.2 Å². The van der Waals surface area contributed by atoms with Crippen molar-refractivity contribution in [1.82, 2.24) is 14.9 Å². The monoisotopic (exact) mass is 490 g/mol. The number of aromatic nitrogens is 2. The molecule has 1 saturated heterocycles. The lowest BCUT2D eigenvalue weighted by atomic mass is 9.95. The Hall–Kier alpha value is -3.52. The van der Waals surface area contributed by atoms with Crippen LogP contribution in [0.4, 0.5) is 10.3 Å². The van der Waals surface area contributed by atoms with E-state index in [1.165, 1.54) is 23.5 Å². The summed E-state index contributed by atoms with van der Waals surface area (Å²) in [6.07, 6.45) is 1.34. The predicted molar refractivity (Wildman–Crippen MR) is 137 cm³/mol. The number of nitrogens with one attached hydrogen (secondary N) is 1. The summed E-state index contributed by atoms with van der Waals surface area (Å²) >= 11 is 1.41. The van der Waals surface area contributed by atoms with Gasteiger partial charge in [-0.1, -0.05) is 42.5 Å². The van der Waals surface area contributed by atoms with E-state index in [0.717, 1.165) is 11.1 Å². The summed E-state index contributed by atoms with van der Waals surface area (Å²) < 4.78 is 15.6. The first-order chi connectivity index (χ1) is 17.0. The maximum absolute atomic E-state index is 13.3. The van der Waals surface area contributed by atoms with Crippen LogP contribution in [-0.4, -0.2) is 28.5 Å². The van der Waals surface area contributed by atoms with Gasteiger partial charge in [-0.3, -0.25) is 14.2 Å². The summed E-state index contributed by atoms with van der Waals surface area (Å²) in [4.78, 5) is 33.2. The van der Waals surface area contributed by atoms with Gasteiger partial charge >= 0.3 is 0 Å². The first-order valence-corrected chi connectivity index (χ1v) is 12.7. The van der Waals surface area contributed by atoms with Gasteiger partial charge in [-0.25, -0.2) is 9.37 Å². The van der Waals surface area contributed by atoms with E-state index in [1.807, 2.05) is 48.7 Å². The summed E-state index contributed by atoms with van der Waals surface area (Å²) in [7, 11) is 0. The van der Waals surface area contributed by atoms with Crippen LogP contribution < -0.4 is 15.8 Å². The van der Waals surface area contributed by atoms with Crippen LogP contribution in [0.3, 0.4) is 0 Å². The van der Waals surface area contributed by atoms with Gasteiger partial charge in [0.2, 0.25) is 11.9 Å². The van der Waals surface area contributed by atoms with Crippen LogP contribution >= 0.6 is 11.3 Å². The maximum Gasteiger partial charge on any atom is 0.273 e. The standard InChI is InChI=1S/C27H27FN4O2S/c1-18(20-7-9-22(28)10-8-20)29-25(33)21-11-14-31(15-12-21)27-30-23-13-16-35-24(23)26(34)32(27)17-19-5-3-2-4-6-19/h2-10,13,16,18,21H,11-12,14-15,17H2,1H3,(H,29,33)/t18-/m1/s1. The number of carbonyl (C=O) groups excluding carboxylic acids is 1. The number of hydrogen-bond donors (Lipinski definition) is 1. The molecule has 1 aliphatic heterocycles. The molecule has 8 heteroatoms. The summed E-state index contributed by atoms with van der Waals surface area (Å²) in [5.74, 6) is 0.251. The molecule has 1 fully saturated rings. The second-order valence-corrected chi connectivity index (χ2v) is 9.88. The number of thiophene rings is 1. The van der Waals surface area contributed by atoms with E-state index in [1.54, 1.807) is 16.7 Å². The molecule has 2 aromatic carbocycles. The molecule has 6 nitrogen and oxygen atoms in total. The highest BCUT2D eigenvalue weighted by atomic mass is 32.1. The van der Waals surface area contributed by atoms with E-state index in [9.17, 15) is 14.0 Å². The summed E-state index contributed by atoms with van der Waals surface area (Å²) in [5, 5.41) is 4.96. The molecule has 0 saturated carbocycles.